The van der Waals surface area contributed by atoms with Crippen molar-refractivity contribution in [1.82, 2.24) is 19.6 Å². The van der Waals surface area contributed by atoms with Gasteiger partial charge < -0.3 is 5.73 Å². The smallest absolute Gasteiger partial charge is 0.145 e. The topological polar surface area (TPSA) is 61.7 Å². The van der Waals surface area contributed by atoms with Crippen LogP contribution in [0.25, 0.3) is 10.9 Å². The molecule has 3 aromatic rings. The lowest BCUT2D eigenvalue weighted by atomic mass is 10.2. The van der Waals surface area contributed by atoms with E-state index in [-0.39, 0.29) is 0 Å². The second kappa shape index (κ2) is 3.62. The highest BCUT2D eigenvalue weighted by molar-refractivity contribution is 5.81. The summed E-state index contributed by atoms with van der Waals surface area (Å²) < 4.78 is 3.68. The van der Waals surface area contributed by atoms with E-state index in [0.29, 0.717) is 12.4 Å². The lowest BCUT2D eigenvalue weighted by molar-refractivity contribution is 0.658. The molecule has 0 saturated carbocycles. The van der Waals surface area contributed by atoms with Gasteiger partial charge in [-0.2, -0.15) is 10.2 Å². The highest BCUT2D eigenvalue weighted by atomic mass is 15.3. The summed E-state index contributed by atoms with van der Waals surface area (Å²) in [4.78, 5) is 0. The summed E-state index contributed by atoms with van der Waals surface area (Å²) in [6, 6.07) is 9.95. The summed E-state index contributed by atoms with van der Waals surface area (Å²) >= 11 is 0. The molecular weight excluding hydrogens is 214 g/mol. The van der Waals surface area contributed by atoms with Crippen molar-refractivity contribution in [2.45, 2.75) is 6.54 Å². The van der Waals surface area contributed by atoms with Gasteiger partial charge in [-0.25, -0.2) is 0 Å². The van der Waals surface area contributed by atoms with Gasteiger partial charge in [0.25, 0.3) is 0 Å². The number of anilines is 1. The van der Waals surface area contributed by atoms with Crippen molar-refractivity contribution in [3.8, 4) is 0 Å². The van der Waals surface area contributed by atoms with Crippen LogP contribution in [0.15, 0.2) is 36.5 Å². The number of hydrogen-bond donors (Lipinski definition) is 1. The van der Waals surface area contributed by atoms with Crippen LogP contribution < -0.4 is 5.73 Å². The Hall–Kier alpha value is -2.30. The minimum atomic E-state index is 0.533. The molecule has 2 heterocycles. The lowest BCUT2D eigenvalue weighted by Crippen LogP contribution is -2.02. The Morgan fingerprint density at radius 3 is 2.76 bits per heavy atom. The molecule has 0 amide bonds. The first-order valence-corrected chi connectivity index (χ1v) is 5.43. The number of nitrogens with zero attached hydrogens (tertiary/aromatic N) is 4. The summed E-state index contributed by atoms with van der Waals surface area (Å²) in [6.07, 6.45) is 1.86. The maximum Gasteiger partial charge on any atom is 0.145 e. The first kappa shape index (κ1) is 9.89. The van der Waals surface area contributed by atoms with Crippen molar-refractivity contribution >= 4 is 16.7 Å². The second-order valence-corrected chi connectivity index (χ2v) is 4.03. The van der Waals surface area contributed by atoms with Crippen molar-refractivity contribution in [1.29, 1.82) is 0 Å². The fourth-order valence-corrected chi connectivity index (χ4v) is 2.02. The molecule has 0 atom stereocenters. The van der Waals surface area contributed by atoms with Gasteiger partial charge in [0.1, 0.15) is 5.82 Å². The van der Waals surface area contributed by atoms with Gasteiger partial charge in [-0.3, -0.25) is 9.36 Å². The number of aromatic nitrogens is 4. The summed E-state index contributed by atoms with van der Waals surface area (Å²) in [5.41, 5.74) is 7.73. The SMILES string of the molecule is Cn1nc(Cn2ccc(N)n2)c2ccccc21. The van der Waals surface area contributed by atoms with Crippen molar-refractivity contribution in [2.24, 2.45) is 7.05 Å². The Balaban J connectivity index is 2.06. The zero-order valence-corrected chi connectivity index (χ0v) is 9.54. The summed E-state index contributed by atoms with van der Waals surface area (Å²) in [7, 11) is 1.95. The van der Waals surface area contributed by atoms with Crippen LogP contribution in [0.5, 0.6) is 0 Å². The number of rotatable bonds is 2. The number of hydrogen-bond acceptors (Lipinski definition) is 3. The van der Waals surface area contributed by atoms with Crippen LogP contribution in [0.3, 0.4) is 0 Å². The molecule has 3 rings (SSSR count). The Morgan fingerprint density at radius 1 is 1.18 bits per heavy atom. The molecule has 5 heteroatoms. The Labute approximate surface area is 98.5 Å². The van der Waals surface area contributed by atoms with E-state index in [9.17, 15) is 0 Å². The van der Waals surface area contributed by atoms with Gasteiger partial charge in [0.2, 0.25) is 0 Å². The van der Waals surface area contributed by atoms with Crippen LogP contribution >= 0.6 is 0 Å². The monoisotopic (exact) mass is 227 g/mol. The summed E-state index contributed by atoms with van der Waals surface area (Å²) in [5.74, 6) is 0.533. The van der Waals surface area contributed by atoms with Gasteiger partial charge >= 0.3 is 0 Å². The molecule has 0 aliphatic heterocycles. The number of nitrogen functional groups attached to an aromatic ring is 1. The maximum absolute atomic E-state index is 5.59. The van der Waals surface area contributed by atoms with Gasteiger partial charge in [0, 0.05) is 18.6 Å². The van der Waals surface area contributed by atoms with E-state index in [1.807, 2.05) is 30.1 Å². The fraction of sp³-hybridized carbons (Fsp3) is 0.167. The van der Waals surface area contributed by atoms with Crippen LogP contribution in [0.2, 0.25) is 0 Å². The zero-order chi connectivity index (χ0) is 11.8. The fourth-order valence-electron chi connectivity index (χ4n) is 2.02. The molecule has 0 spiro atoms. The predicted molar refractivity (Wildman–Crippen MR) is 66.5 cm³/mol. The average molecular weight is 227 g/mol. The molecule has 0 saturated heterocycles. The van der Waals surface area contributed by atoms with Crippen molar-refractivity contribution in [3.63, 3.8) is 0 Å². The predicted octanol–water partition coefficient (Wildman–Crippen LogP) is 1.40. The zero-order valence-electron chi connectivity index (χ0n) is 9.54. The molecule has 17 heavy (non-hydrogen) atoms. The minimum Gasteiger partial charge on any atom is -0.382 e. The molecular formula is C12H13N5. The Morgan fingerprint density at radius 2 is 2.00 bits per heavy atom. The van der Waals surface area contributed by atoms with Crippen molar-refractivity contribution < 1.29 is 0 Å². The molecule has 2 N–H and O–H groups in total. The third-order valence-electron chi connectivity index (χ3n) is 2.81. The molecule has 2 aromatic heterocycles. The molecule has 86 valence electrons. The van der Waals surface area contributed by atoms with Crippen LogP contribution in [-0.2, 0) is 13.6 Å². The minimum absolute atomic E-state index is 0.533. The standard InChI is InChI=1S/C12H13N5/c1-16-11-5-3-2-4-9(11)10(14-16)8-17-7-6-12(13)15-17/h2-7H,8H2,1H3,(H2,13,15). The number of benzene rings is 1. The van der Waals surface area contributed by atoms with Crippen LogP contribution in [0.1, 0.15) is 5.69 Å². The lowest BCUT2D eigenvalue weighted by Gasteiger charge is -1.97. The first-order chi connectivity index (χ1) is 8.24. The molecule has 0 aliphatic rings. The van der Waals surface area contributed by atoms with E-state index in [4.69, 9.17) is 5.73 Å². The van der Waals surface area contributed by atoms with E-state index in [0.717, 1.165) is 16.6 Å². The third-order valence-corrected chi connectivity index (χ3v) is 2.81. The van der Waals surface area contributed by atoms with Crippen molar-refractivity contribution in [3.05, 3.63) is 42.2 Å². The van der Waals surface area contributed by atoms with Gasteiger partial charge in [0.05, 0.1) is 17.8 Å². The van der Waals surface area contributed by atoms with Crippen molar-refractivity contribution in [2.75, 3.05) is 5.73 Å². The largest absolute Gasteiger partial charge is 0.382 e. The highest BCUT2D eigenvalue weighted by Gasteiger charge is 2.08. The molecule has 0 aliphatic carbocycles. The van der Waals surface area contributed by atoms with E-state index < -0.39 is 0 Å². The van der Waals surface area contributed by atoms with Crippen LogP contribution in [0, 0.1) is 0 Å². The molecule has 0 fully saturated rings. The quantitative estimate of drug-likeness (QED) is 0.719. The van der Waals surface area contributed by atoms with E-state index in [1.165, 1.54) is 0 Å². The summed E-state index contributed by atoms with van der Waals surface area (Å²) in [6.45, 7) is 0.637. The highest BCUT2D eigenvalue weighted by Crippen LogP contribution is 2.18. The van der Waals surface area contributed by atoms with Gasteiger partial charge in [-0.15, -0.1) is 0 Å². The number of para-hydroxylation sites is 1. The Bertz CT molecular complexity index is 664. The second-order valence-electron chi connectivity index (χ2n) is 4.03. The summed E-state index contributed by atoms with van der Waals surface area (Å²) in [5, 5.41) is 9.83. The maximum atomic E-state index is 5.59. The van der Waals surface area contributed by atoms with Gasteiger partial charge in [0.15, 0.2) is 0 Å². The number of nitrogens with two attached hydrogens (primary N) is 1. The van der Waals surface area contributed by atoms with Gasteiger partial charge in [-0.05, 0) is 12.1 Å². The molecule has 0 bridgehead atoms. The third kappa shape index (κ3) is 1.65. The van der Waals surface area contributed by atoms with Crippen LogP contribution in [0.4, 0.5) is 5.82 Å². The molecule has 0 radical (unpaired) electrons. The Kier molecular flexibility index (Phi) is 2.11. The molecule has 1 aromatic carbocycles. The molecule has 5 nitrogen and oxygen atoms in total. The number of aryl methyl sites for hydroxylation is 1. The normalized spacial score (nSPS) is 11.1. The average Bonchev–Trinajstić information content (AvgIpc) is 2.86. The first-order valence-electron chi connectivity index (χ1n) is 5.43. The number of fused-ring (bicyclic) bond motifs is 1. The molecule has 0 unspecified atom stereocenters. The van der Waals surface area contributed by atoms with E-state index >= 15 is 0 Å². The van der Waals surface area contributed by atoms with E-state index in [1.54, 1.807) is 10.7 Å². The van der Waals surface area contributed by atoms with Gasteiger partial charge in [-0.1, -0.05) is 18.2 Å². The van der Waals surface area contributed by atoms with E-state index in [2.05, 4.69) is 22.3 Å². The van der Waals surface area contributed by atoms with Crippen LogP contribution in [-0.4, -0.2) is 19.6 Å².